The Hall–Kier alpha value is -1.25. The van der Waals surface area contributed by atoms with Crippen LogP contribution in [0.4, 0.5) is 0 Å². The van der Waals surface area contributed by atoms with Crippen LogP contribution < -0.4 is 0 Å². The fraction of sp³-hybridized carbons (Fsp3) is 0.500. The van der Waals surface area contributed by atoms with Crippen molar-refractivity contribution in [2.24, 2.45) is 0 Å². The smallest absolute Gasteiger partial charge is 0.135 e. The van der Waals surface area contributed by atoms with E-state index in [9.17, 15) is 4.79 Å². The van der Waals surface area contributed by atoms with Crippen LogP contribution >= 0.6 is 0 Å². The fourth-order valence-corrected chi connectivity index (χ4v) is 1.04. The quantitative estimate of drug-likeness (QED) is 0.708. The van der Waals surface area contributed by atoms with E-state index in [4.69, 9.17) is 0 Å². The summed E-state index contributed by atoms with van der Waals surface area (Å²) < 4.78 is 0. The summed E-state index contributed by atoms with van der Waals surface area (Å²) in [6.07, 6.45) is 3.77. The molecule has 3 heteroatoms. The first-order chi connectivity index (χ1) is 6.09. The molecule has 0 aliphatic heterocycles. The molecule has 0 amide bonds. The Bertz CT molecular complexity index is 308. The van der Waals surface area contributed by atoms with Gasteiger partial charge < -0.3 is 0 Å². The van der Waals surface area contributed by atoms with Crippen LogP contribution in [0, 0.1) is 0 Å². The van der Waals surface area contributed by atoms with Gasteiger partial charge in [-0.25, -0.2) is 0 Å². The first-order valence-electron chi connectivity index (χ1n) is 4.40. The number of ketones is 1. The second kappa shape index (κ2) is 4.12. The molecule has 0 radical (unpaired) electrons. The van der Waals surface area contributed by atoms with Gasteiger partial charge >= 0.3 is 0 Å². The maximum atomic E-state index is 10.8. The highest BCUT2D eigenvalue weighted by Crippen LogP contribution is 2.09. The van der Waals surface area contributed by atoms with Gasteiger partial charge in [0.15, 0.2) is 0 Å². The molecule has 0 saturated carbocycles. The van der Waals surface area contributed by atoms with Crippen LogP contribution in [-0.4, -0.2) is 15.8 Å². The van der Waals surface area contributed by atoms with Crippen LogP contribution in [0.2, 0.25) is 0 Å². The van der Waals surface area contributed by atoms with Crippen molar-refractivity contribution >= 4 is 5.78 Å². The summed E-state index contributed by atoms with van der Waals surface area (Å²) in [7, 11) is 0. The van der Waals surface area contributed by atoms with Gasteiger partial charge in [0.2, 0.25) is 0 Å². The van der Waals surface area contributed by atoms with Gasteiger partial charge in [-0.15, -0.1) is 0 Å². The monoisotopic (exact) mass is 178 g/mol. The maximum Gasteiger partial charge on any atom is 0.135 e. The predicted molar refractivity (Wildman–Crippen MR) is 50.5 cm³/mol. The number of carbonyl (C=O) groups is 1. The third-order valence-electron chi connectivity index (χ3n) is 1.72. The number of hydrogen-bond acceptors (Lipinski definition) is 3. The molecule has 3 nitrogen and oxygen atoms in total. The van der Waals surface area contributed by atoms with Crippen LogP contribution in [0.15, 0.2) is 12.4 Å². The third-order valence-corrected chi connectivity index (χ3v) is 1.72. The maximum absolute atomic E-state index is 10.8. The molecule has 13 heavy (non-hydrogen) atoms. The summed E-state index contributed by atoms with van der Waals surface area (Å²) in [5.74, 6) is 0.481. The van der Waals surface area contributed by atoms with Gasteiger partial charge in [-0.2, -0.15) is 0 Å². The average molecular weight is 178 g/mol. The van der Waals surface area contributed by atoms with E-state index in [0.717, 1.165) is 11.4 Å². The van der Waals surface area contributed by atoms with Crippen molar-refractivity contribution in [2.45, 2.75) is 33.1 Å². The Morgan fingerprint density at radius 1 is 1.46 bits per heavy atom. The van der Waals surface area contributed by atoms with E-state index in [1.807, 2.05) is 0 Å². The molecule has 0 bridgehead atoms. The lowest BCUT2D eigenvalue weighted by atomic mass is 10.1. The van der Waals surface area contributed by atoms with E-state index < -0.39 is 0 Å². The molecule has 0 atom stereocenters. The average Bonchev–Trinajstić information content (AvgIpc) is 2.03. The molecule has 70 valence electrons. The zero-order valence-electron chi connectivity index (χ0n) is 8.24. The number of aromatic nitrogens is 2. The van der Waals surface area contributed by atoms with Crippen LogP contribution in [0.5, 0.6) is 0 Å². The molecule has 0 aliphatic carbocycles. The summed E-state index contributed by atoms with van der Waals surface area (Å²) >= 11 is 0. The minimum absolute atomic E-state index is 0.121. The van der Waals surface area contributed by atoms with Crippen molar-refractivity contribution in [3.63, 3.8) is 0 Å². The number of rotatable bonds is 3. The second-order valence-electron chi connectivity index (χ2n) is 3.47. The molecule has 0 aromatic carbocycles. The minimum atomic E-state index is 0.121. The van der Waals surface area contributed by atoms with Gasteiger partial charge in [-0.3, -0.25) is 14.8 Å². The molecule has 0 saturated heterocycles. The van der Waals surface area contributed by atoms with Crippen LogP contribution in [0.25, 0.3) is 0 Å². The number of Topliss-reactive ketones (excluding diaryl/α,β-unsaturated/α-hetero) is 1. The first-order valence-corrected chi connectivity index (χ1v) is 4.40. The number of hydrogen-bond donors (Lipinski definition) is 0. The van der Waals surface area contributed by atoms with Crippen LogP contribution in [-0.2, 0) is 11.2 Å². The Labute approximate surface area is 78.2 Å². The van der Waals surface area contributed by atoms with E-state index in [-0.39, 0.29) is 5.78 Å². The highest BCUT2D eigenvalue weighted by atomic mass is 16.1. The Morgan fingerprint density at radius 3 is 2.69 bits per heavy atom. The van der Waals surface area contributed by atoms with Gasteiger partial charge in [0, 0.05) is 18.8 Å². The molecular weight excluding hydrogens is 164 g/mol. The minimum Gasteiger partial charge on any atom is -0.300 e. The van der Waals surface area contributed by atoms with Gasteiger partial charge in [-0.05, 0) is 12.8 Å². The lowest BCUT2D eigenvalue weighted by molar-refractivity contribution is -0.116. The molecule has 1 aromatic heterocycles. The topological polar surface area (TPSA) is 42.9 Å². The van der Waals surface area contributed by atoms with Crippen molar-refractivity contribution in [3.8, 4) is 0 Å². The Morgan fingerprint density at radius 2 is 2.15 bits per heavy atom. The largest absolute Gasteiger partial charge is 0.300 e. The highest BCUT2D eigenvalue weighted by Gasteiger charge is 2.04. The van der Waals surface area contributed by atoms with E-state index in [1.165, 1.54) is 0 Å². The predicted octanol–water partition coefficient (Wildman–Crippen LogP) is 1.73. The summed E-state index contributed by atoms with van der Waals surface area (Å²) in [5, 5.41) is 0. The molecular formula is C10H14N2O. The lowest BCUT2D eigenvalue weighted by Gasteiger charge is -2.04. The van der Waals surface area contributed by atoms with Crippen LogP contribution in [0.3, 0.4) is 0 Å². The second-order valence-corrected chi connectivity index (χ2v) is 3.47. The third kappa shape index (κ3) is 2.93. The van der Waals surface area contributed by atoms with Crippen molar-refractivity contribution in [1.29, 1.82) is 0 Å². The first kappa shape index (κ1) is 9.84. The molecule has 1 aromatic rings. The molecule has 0 unspecified atom stereocenters. The van der Waals surface area contributed by atoms with Crippen LogP contribution in [0.1, 0.15) is 38.1 Å². The zero-order chi connectivity index (χ0) is 9.84. The normalized spacial score (nSPS) is 10.5. The van der Waals surface area contributed by atoms with Gasteiger partial charge in [0.05, 0.1) is 11.4 Å². The van der Waals surface area contributed by atoms with E-state index in [1.54, 1.807) is 19.3 Å². The fourth-order valence-electron chi connectivity index (χ4n) is 1.04. The summed E-state index contributed by atoms with van der Waals surface area (Å²) in [6.45, 7) is 5.67. The zero-order valence-corrected chi connectivity index (χ0v) is 8.24. The Kier molecular flexibility index (Phi) is 3.12. The number of carbonyl (C=O) groups excluding carboxylic acids is 1. The van der Waals surface area contributed by atoms with Crippen molar-refractivity contribution in [2.75, 3.05) is 0 Å². The highest BCUT2D eigenvalue weighted by molar-refractivity contribution is 5.77. The van der Waals surface area contributed by atoms with Crippen molar-refractivity contribution in [3.05, 3.63) is 23.8 Å². The van der Waals surface area contributed by atoms with E-state index in [2.05, 4.69) is 23.8 Å². The van der Waals surface area contributed by atoms with Crippen molar-refractivity contribution in [1.82, 2.24) is 9.97 Å². The molecule has 1 rings (SSSR count). The molecule has 0 fully saturated rings. The molecule has 0 N–H and O–H groups in total. The standard InChI is InChI=1S/C10H14N2O/c1-7(2)10-6-11-5-9(12-10)4-8(3)13/h5-7H,4H2,1-3H3. The van der Waals surface area contributed by atoms with E-state index in [0.29, 0.717) is 12.3 Å². The molecule has 1 heterocycles. The van der Waals surface area contributed by atoms with Gasteiger partial charge in [-0.1, -0.05) is 13.8 Å². The van der Waals surface area contributed by atoms with Gasteiger partial charge in [0.1, 0.15) is 5.78 Å². The SMILES string of the molecule is CC(=O)Cc1cncc(C(C)C)n1. The summed E-state index contributed by atoms with van der Waals surface area (Å²) in [4.78, 5) is 19.2. The summed E-state index contributed by atoms with van der Waals surface area (Å²) in [6, 6.07) is 0. The van der Waals surface area contributed by atoms with Crippen molar-refractivity contribution < 1.29 is 4.79 Å². The molecule has 0 aliphatic rings. The molecule has 0 spiro atoms. The Balaban J connectivity index is 2.85. The lowest BCUT2D eigenvalue weighted by Crippen LogP contribution is -2.03. The number of nitrogens with zero attached hydrogens (tertiary/aromatic N) is 2. The van der Waals surface area contributed by atoms with E-state index >= 15 is 0 Å². The van der Waals surface area contributed by atoms with Gasteiger partial charge in [0.25, 0.3) is 0 Å². The summed E-state index contributed by atoms with van der Waals surface area (Å²) in [5.41, 5.74) is 1.71.